The SMILES string of the molecule is COc1cccc(NC(=O)COC(=O)c2ccc3[nH]c(C)c(C)c3c2)c1. The predicted molar refractivity (Wildman–Crippen MR) is 99.7 cm³/mol. The first kappa shape index (κ1) is 17.5. The quantitative estimate of drug-likeness (QED) is 0.688. The molecule has 6 nitrogen and oxygen atoms in total. The molecule has 0 fully saturated rings. The maximum absolute atomic E-state index is 12.2. The van der Waals surface area contributed by atoms with E-state index in [9.17, 15) is 9.59 Å². The van der Waals surface area contributed by atoms with Crippen LogP contribution >= 0.6 is 0 Å². The van der Waals surface area contributed by atoms with Gasteiger partial charge in [-0.1, -0.05) is 6.07 Å². The van der Waals surface area contributed by atoms with Gasteiger partial charge >= 0.3 is 5.97 Å². The highest BCUT2D eigenvalue weighted by Gasteiger charge is 2.13. The van der Waals surface area contributed by atoms with Gasteiger partial charge in [0.1, 0.15) is 5.75 Å². The van der Waals surface area contributed by atoms with E-state index in [0.29, 0.717) is 17.0 Å². The van der Waals surface area contributed by atoms with Crippen molar-refractivity contribution in [3.8, 4) is 5.75 Å². The van der Waals surface area contributed by atoms with Crippen molar-refractivity contribution in [3.05, 3.63) is 59.3 Å². The highest BCUT2D eigenvalue weighted by atomic mass is 16.5. The number of benzene rings is 2. The molecule has 134 valence electrons. The van der Waals surface area contributed by atoms with Gasteiger partial charge in [-0.3, -0.25) is 4.79 Å². The molecule has 0 bridgehead atoms. The van der Waals surface area contributed by atoms with Crippen LogP contribution in [0.25, 0.3) is 10.9 Å². The van der Waals surface area contributed by atoms with E-state index in [1.165, 1.54) is 0 Å². The monoisotopic (exact) mass is 352 g/mol. The van der Waals surface area contributed by atoms with Crippen LogP contribution in [0.2, 0.25) is 0 Å². The molecule has 0 saturated carbocycles. The van der Waals surface area contributed by atoms with Crippen LogP contribution in [0.1, 0.15) is 21.6 Å². The van der Waals surface area contributed by atoms with Gasteiger partial charge in [-0.25, -0.2) is 4.79 Å². The number of carbonyl (C=O) groups is 2. The Morgan fingerprint density at radius 2 is 1.92 bits per heavy atom. The van der Waals surface area contributed by atoms with Crippen molar-refractivity contribution < 1.29 is 19.1 Å². The molecule has 6 heteroatoms. The number of aromatic amines is 1. The van der Waals surface area contributed by atoms with Crippen molar-refractivity contribution in [2.45, 2.75) is 13.8 Å². The second kappa shape index (κ2) is 7.31. The normalized spacial score (nSPS) is 10.6. The van der Waals surface area contributed by atoms with Crippen LogP contribution in [0.5, 0.6) is 5.75 Å². The minimum Gasteiger partial charge on any atom is -0.497 e. The van der Waals surface area contributed by atoms with Gasteiger partial charge in [0.05, 0.1) is 12.7 Å². The summed E-state index contributed by atoms with van der Waals surface area (Å²) in [4.78, 5) is 27.5. The summed E-state index contributed by atoms with van der Waals surface area (Å²) >= 11 is 0. The third-order valence-corrected chi connectivity index (χ3v) is 4.23. The van der Waals surface area contributed by atoms with Gasteiger partial charge in [0.25, 0.3) is 5.91 Å². The Kier molecular flexibility index (Phi) is 4.93. The lowest BCUT2D eigenvalue weighted by Gasteiger charge is -2.08. The van der Waals surface area contributed by atoms with Crippen molar-refractivity contribution in [2.75, 3.05) is 19.0 Å². The third kappa shape index (κ3) is 3.69. The van der Waals surface area contributed by atoms with E-state index in [1.807, 2.05) is 19.9 Å². The van der Waals surface area contributed by atoms with Crippen LogP contribution in [-0.4, -0.2) is 30.6 Å². The molecule has 2 N–H and O–H groups in total. The average Bonchev–Trinajstić information content (AvgIpc) is 2.93. The number of aryl methyl sites for hydroxylation is 2. The van der Waals surface area contributed by atoms with E-state index < -0.39 is 11.9 Å². The smallest absolute Gasteiger partial charge is 0.338 e. The minimum atomic E-state index is -0.536. The number of rotatable bonds is 5. The van der Waals surface area contributed by atoms with Crippen LogP contribution in [-0.2, 0) is 9.53 Å². The van der Waals surface area contributed by atoms with Gasteiger partial charge in [-0.2, -0.15) is 0 Å². The standard InChI is InChI=1S/C20H20N2O4/c1-12-13(2)21-18-8-7-14(9-17(12)18)20(24)26-11-19(23)22-15-5-4-6-16(10-15)25-3/h4-10,21H,11H2,1-3H3,(H,22,23). The first-order valence-electron chi connectivity index (χ1n) is 8.18. The molecule has 1 amide bonds. The molecule has 0 aliphatic rings. The Hall–Kier alpha value is -3.28. The number of H-pyrrole nitrogens is 1. The van der Waals surface area contributed by atoms with Gasteiger partial charge in [-0.05, 0) is 49.7 Å². The molecule has 0 atom stereocenters. The molecule has 3 rings (SSSR count). The average molecular weight is 352 g/mol. The molecule has 26 heavy (non-hydrogen) atoms. The molecule has 0 saturated heterocycles. The summed E-state index contributed by atoms with van der Waals surface area (Å²) in [7, 11) is 1.55. The van der Waals surface area contributed by atoms with Crippen LogP contribution in [0.4, 0.5) is 5.69 Å². The van der Waals surface area contributed by atoms with Crippen molar-refractivity contribution in [2.24, 2.45) is 0 Å². The first-order chi connectivity index (χ1) is 12.5. The predicted octanol–water partition coefficient (Wildman–Crippen LogP) is 3.59. The molecule has 3 aromatic rings. The zero-order valence-corrected chi connectivity index (χ0v) is 14.9. The van der Waals surface area contributed by atoms with E-state index >= 15 is 0 Å². The minimum absolute atomic E-state index is 0.362. The van der Waals surface area contributed by atoms with E-state index in [0.717, 1.165) is 22.2 Å². The van der Waals surface area contributed by atoms with Crippen LogP contribution in [0.15, 0.2) is 42.5 Å². The lowest BCUT2D eigenvalue weighted by Crippen LogP contribution is -2.20. The molecule has 0 aliphatic heterocycles. The molecule has 0 spiro atoms. The van der Waals surface area contributed by atoms with Crippen LogP contribution in [0.3, 0.4) is 0 Å². The topological polar surface area (TPSA) is 80.4 Å². The number of nitrogens with one attached hydrogen (secondary N) is 2. The number of esters is 1. The summed E-state index contributed by atoms with van der Waals surface area (Å²) in [5.41, 5.74) is 4.10. The first-order valence-corrected chi connectivity index (χ1v) is 8.18. The largest absolute Gasteiger partial charge is 0.497 e. The Morgan fingerprint density at radius 3 is 2.69 bits per heavy atom. The fourth-order valence-corrected chi connectivity index (χ4v) is 2.70. The molecule has 2 aromatic carbocycles. The molecular weight excluding hydrogens is 332 g/mol. The Morgan fingerprint density at radius 1 is 1.12 bits per heavy atom. The van der Waals surface area contributed by atoms with E-state index in [2.05, 4.69) is 10.3 Å². The number of aromatic nitrogens is 1. The number of anilines is 1. The summed E-state index contributed by atoms with van der Waals surface area (Å²) in [6, 6.07) is 12.2. The molecular formula is C20H20N2O4. The molecule has 0 aliphatic carbocycles. The zero-order chi connectivity index (χ0) is 18.7. The number of ether oxygens (including phenoxy) is 2. The van der Waals surface area contributed by atoms with Gasteiger partial charge in [-0.15, -0.1) is 0 Å². The van der Waals surface area contributed by atoms with Gasteiger partial charge in [0.2, 0.25) is 0 Å². The second-order valence-electron chi connectivity index (χ2n) is 5.99. The van der Waals surface area contributed by atoms with Crippen molar-refractivity contribution >= 4 is 28.5 Å². The van der Waals surface area contributed by atoms with Gasteiger partial charge < -0.3 is 19.8 Å². The van der Waals surface area contributed by atoms with E-state index in [-0.39, 0.29) is 6.61 Å². The highest BCUT2D eigenvalue weighted by molar-refractivity contribution is 5.98. The van der Waals surface area contributed by atoms with Gasteiger partial charge in [0.15, 0.2) is 6.61 Å². The van der Waals surface area contributed by atoms with Crippen LogP contribution < -0.4 is 10.1 Å². The molecule has 1 aromatic heterocycles. The Labute approximate surface area is 151 Å². The molecule has 1 heterocycles. The summed E-state index contributed by atoms with van der Waals surface area (Å²) in [6.45, 7) is 3.61. The second-order valence-corrected chi connectivity index (χ2v) is 5.99. The highest BCUT2D eigenvalue weighted by Crippen LogP contribution is 2.22. The molecule has 0 unspecified atom stereocenters. The number of carbonyl (C=O) groups excluding carboxylic acids is 2. The number of fused-ring (bicyclic) bond motifs is 1. The number of hydrogen-bond donors (Lipinski definition) is 2. The summed E-state index contributed by atoms with van der Waals surface area (Å²) in [6.07, 6.45) is 0. The maximum atomic E-state index is 12.2. The van der Waals surface area contributed by atoms with Gasteiger partial charge in [0, 0.05) is 28.4 Å². The van der Waals surface area contributed by atoms with Crippen molar-refractivity contribution in [1.82, 2.24) is 4.98 Å². The lowest BCUT2D eigenvalue weighted by molar-refractivity contribution is -0.119. The van der Waals surface area contributed by atoms with Crippen LogP contribution in [0, 0.1) is 13.8 Å². The van der Waals surface area contributed by atoms with E-state index in [1.54, 1.807) is 43.5 Å². The summed E-state index contributed by atoms with van der Waals surface area (Å²) in [5.74, 6) is -0.322. The zero-order valence-electron chi connectivity index (χ0n) is 14.9. The Bertz CT molecular complexity index is 975. The number of methoxy groups -OCH3 is 1. The third-order valence-electron chi connectivity index (χ3n) is 4.23. The fraction of sp³-hybridized carbons (Fsp3) is 0.200. The number of hydrogen-bond acceptors (Lipinski definition) is 4. The van der Waals surface area contributed by atoms with Crippen molar-refractivity contribution in [1.29, 1.82) is 0 Å². The maximum Gasteiger partial charge on any atom is 0.338 e. The van der Waals surface area contributed by atoms with E-state index in [4.69, 9.17) is 9.47 Å². The Balaban J connectivity index is 1.62. The summed E-state index contributed by atoms with van der Waals surface area (Å²) < 4.78 is 10.2. The number of amides is 1. The summed E-state index contributed by atoms with van der Waals surface area (Å²) in [5, 5.41) is 3.63. The molecule has 0 radical (unpaired) electrons. The fourth-order valence-electron chi connectivity index (χ4n) is 2.70. The van der Waals surface area contributed by atoms with Crippen molar-refractivity contribution in [3.63, 3.8) is 0 Å². The lowest BCUT2D eigenvalue weighted by atomic mass is 10.1.